The third-order valence-electron chi connectivity index (χ3n) is 2.94. The summed E-state index contributed by atoms with van der Waals surface area (Å²) in [5.74, 6) is 0.559. The number of carbonyl (C=O) groups excluding carboxylic acids is 1. The monoisotopic (exact) mass is 339 g/mol. The van der Waals surface area contributed by atoms with E-state index in [1.165, 1.54) is 13.2 Å². The van der Waals surface area contributed by atoms with Crippen LogP contribution in [0.5, 0.6) is 5.75 Å². The topological polar surface area (TPSA) is 102 Å². The Morgan fingerprint density at radius 2 is 2.09 bits per heavy atom. The number of benzene rings is 1. The smallest absolute Gasteiger partial charge is 0.246 e. The zero-order valence-corrected chi connectivity index (χ0v) is 13.8. The van der Waals surface area contributed by atoms with Crippen molar-refractivity contribution in [2.75, 3.05) is 29.5 Å². The van der Waals surface area contributed by atoms with Gasteiger partial charge in [0.25, 0.3) is 0 Å². The van der Waals surface area contributed by atoms with Crippen LogP contribution in [0.25, 0.3) is 0 Å². The van der Waals surface area contributed by atoms with Gasteiger partial charge in [-0.3, -0.25) is 9.10 Å². The summed E-state index contributed by atoms with van der Waals surface area (Å²) in [6, 6.07) is 8.08. The number of nitrogens with one attached hydrogen (secondary N) is 1. The standard InChI is InChI=1S/C14H17N3O5S/c1-10-8-13(16-22-10)15-14(18)9-17(23(3,19)20)11-6-4-5-7-12(11)21-2/h4-8H,9H2,1-3H3,(H,15,16,18). The fourth-order valence-corrected chi connectivity index (χ4v) is 2.81. The molecule has 0 aliphatic rings. The number of para-hydroxylation sites is 2. The van der Waals surface area contributed by atoms with Gasteiger partial charge in [0.05, 0.1) is 19.1 Å². The number of methoxy groups -OCH3 is 1. The number of anilines is 2. The van der Waals surface area contributed by atoms with Crippen LogP contribution in [0.4, 0.5) is 11.5 Å². The van der Waals surface area contributed by atoms with Crippen molar-refractivity contribution in [3.63, 3.8) is 0 Å². The Labute approximate surface area is 134 Å². The maximum absolute atomic E-state index is 12.1. The first-order valence-corrected chi connectivity index (χ1v) is 8.50. The lowest BCUT2D eigenvalue weighted by molar-refractivity contribution is -0.114. The Balaban J connectivity index is 2.24. The summed E-state index contributed by atoms with van der Waals surface area (Å²) in [6.07, 6.45) is 1.02. The van der Waals surface area contributed by atoms with Crippen LogP contribution < -0.4 is 14.4 Å². The third-order valence-corrected chi connectivity index (χ3v) is 4.06. The van der Waals surface area contributed by atoms with Gasteiger partial charge in [-0.25, -0.2) is 8.42 Å². The lowest BCUT2D eigenvalue weighted by atomic mass is 10.3. The van der Waals surface area contributed by atoms with Gasteiger partial charge in [-0.15, -0.1) is 0 Å². The molecule has 1 N–H and O–H groups in total. The van der Waals surface area contributed by atoms with Crippen molar-refractivity contribution in [1.82, 2.24) is 5.16 Å². The first kappa shape index (κ1) is 16.8. The summed E-state index contributed by atoms with van der Waals surface area (Å²) in [7, 11) is -2.26. The average Bonchev–Trinajstić information content (AvgIpc) is 2.88. The number of hydrogen-bond acceptors (Lipinski definition) is 6. The van der Waals surface area contributed by atoms with E-state index in [-0.39, 0.29) is 11.5 Å². The summed E-state index contributed by atoms with van der Waals surface area (Å²) in [5, 5.41) is 6.11. The lowest BCUT2D eigenvalue weighted by Crippen LogP contribution is -2.37. The lowest BCUT2D eigenvalue weighted by Gasteiger charge is -2.23. The molecule has 0 radical (unpaired) electrons. The highest BCUT2D eigenvalue weighted by molar-refractivity contribution is 7.92. The molecule has 2 rings (SSSR count). The highest BCUT2D eigenvalue weighted by Gasteiger charge is 2.24. The number of amides is 1. The number of hydrogen-bond donors (Lipinski definition) is 1. The van der Waals surface area contributed by atoms with Gasteiger partial charge in [-0.2, -0.15) is 0 Å². The molecule has 0 saturated carbocycles. The Morgan fingerprint density at radius 3 is 2.65 bits per heavy atom. The minimum Gasteiger partial charge on any atom is -0.495 e. The zero-order chi connectivity index (χ0) is 17.0. The van der Waals surface area contributed by atoms with Crippen LogP contribution in [0.15, 0.2) is 34.9 Å². The van der Waals surface area contributed by atoms with Crippen LogP contribution in [-0.4, -0.2) is 39.4 Å². The van der Waals surface area contributed by atoms with Gasteiger partial charge < -0.3 is 14.6 Å². The van der Waals surface area contributed by atoms with E-state index < -0.39 is 22.5 Å². The van der Waals surface area contributed by atoms with Crippen molar-refractivity contribution in [2.24, 2.45) is 0 Å². The Kier molecular flexibility index (Phi) is 4.89. The van der Waals surface area contributed by atoms with E-state index in [1.54, 1.807) is 31.2 Å². The van der Waals surface area contributed by atoms with Crippen LogP contribution in [-0.2, 0) is 14.8 Å². The second-order valence-electron chi connectivity index (χ2n) is 4.81. The number of carbonyl (C=O) groups is 1. The van der Waals surface area contributed by atoms with Crippen molar-refractivity contribution < 1.29 is 22.5 Å². The maximum atomic E-state index is 12.1. The van der Waals surface area contributed by atoms with Crippen molar-refractivity contribution in [1.29, 1.82) is 0 Å². The van der Waals surface area contributed by atoms with Crippen LogP contribution in [0.2, 0.25) is 0 Å². The molecule has 1 aromatic heterocycles. The van der Waals surface area contributed by atoms with Crippen LogP contribution in [0.3, 0.4) is 0 Å². The molecule has 1 aromatic carbocycles. The number of ether oxygens (including phenoxy) is 1. The van der Waals surface area contributed by atoms with E-state index in [2.05, 4.69) is 10.5 Å². The Bertz CT molecular complexity index is 800. The SMILES string of the molecule is COc1ccccc1N(CC(=O)Nc1cc(C)on1)S(C)(=O)=O. The second kappa shape index (κ2) is 6.69. The van der Waals surface area contributed by atoms with Crippen LogP contribution >= 0.6 is 0 Å². The number of aromatic nitrogens is 1. The van der Waals surface area contributed by atoms with E-state index in [9.17, 15) is 13.2 Å². The maximum Gasteiger partial charge on any atom is 0.246 e. The molecule has 0 saturated heterocycles. The summed E-state index contributed by atoms with van der Waals surface area (Å²) in [6.45, 7) is 1.27. The van der Waals surface area contributed by atoms with E-state index >= 15 is 0 Å². The summed E-state index contributed by atoms with van der Waals surface area (Å²) in [4.78, 5) is 12.1. The molecule has 124 valence electrons. The molecule has 0 fully saturated rings. The highest BCUT2D eigenvalue weighted by Crippen LogP contribution is 2.29. The van der Waals surface area contributed by atoms with Gasteiger partial charge >= 0.3 is 0 Å². The van der Waals surface area contributed by atoms with Crippen molar-refractivity contribution in [3.05, 3.63) is 36.1 Å². The Morgan fingerprint density at radius 1 is 1.39 bits per heavy atom. The predicted molar refractivity (Wildman–Crippen MR) is 85.1 cm³/mol. The van der Waals surface area contributed by atoms with Gasteiger partial charge in [-0.1, -0.05) is 17.3 Å². The van der Waals surface area contributed by atoms with Crippen molar-refractivity contribution >= 4 is 27.4 Å². The predicted octanol–water partition coefficient (Wildman–Crippen LogP) is 1.40. The minimum absolute atomic E-state index is 0.223. The highest BCUT2D eigenvalue weighted by atomic mass is 32.2. The van der Waals surface area contributed by atoms with Crippen molar-refractivity contribution in [3.8, 4) is 5.75 Å². The first-order chi connectivity index (χ1) is 10.8. The third kappa shape index (κ3) is 4.22. The van der Waals surface area contributed by atoms with Gasteiger partial charge in [0.15, 0.2) is 5.82 Å². The molecule has 9 heteroatoms. The largest absolute Gasteiger partial charge is 0.495 e. The molecule has 0 aliphatic heterocycles. The molecule has 2 aromatic rings. The first-order valence-electron chi connectivity index (χ1n) is 6.65. The van der Waals surface area contributed by atoms with Gasteiger partial charge in [0, 0.05) is 6.07 Å². The summed E-state index contributed by atoms with van der Waals surface area (Å²) >= 11 is 0. The molecular formula is C14H17N3O5S. The number of aryl methyl sites for hydroxylation is 1. The molecule has 0 spiro atoms. The summed E-state index contributed by atoms with van der Waals surface area (Å²) in [5.41, 5.74) is 0.281. The van der Waals surface area contributed by atoms with E-state index in [0.29, 0.717) is 11.5 Å². The van der Waals surface area contributed by atoms with E-state index in [4.69, 9.17) is 9.26 Å². The fourth-order valence-electron chi connectivity index (χ4n) is 1.96. The molecule has 1 amide bonds. The number of sulfonamides is 1. The minimum atomic E-state index is -3.68. The second-order valence-corrected chi connectivity index (χ2v) is 6.72. The molecule has 0 aliphatic carbocycles. The molecular weight excluding hydrogens is 322 g/mol. The average molecular weight is 339 g/mol. The van der Waals surface area contributed by atoms with Crippen LogP contribution in [0, 0.1) is 6.92 Å². The molecule has 0 atom stereocenters. The van der Waals surface area contributed by atoms with Gasteiger partial charge in [0.1, 0.15) is 18.1 Å². The van der Waals surface area contributed by atoms with Gasteiger partial charge in [-0.05, 0) is 19.1 Å². The molecule has 1 heterocycles. The molecule has 0 unspecified atom stereocenters. The molecule has 23 heavy (non-hydrogen) atoms. The van der Waals surface area contributed by atoms with Crippen LogP contribution in [0.1, 0.15) is 5.76 Å². The summed E-state index contributed by atoms with van der Waals surface area (Å²) < 4.78 is 35.1. The normalized spacial score (nSPS) is 11.1. The van der Waals surface area contributed by atoms with E-state index in [1.807, 2.05) is 0 Å². The zero-order valence-electron chi connectivity index (χ0n) is 12.9. The fraction of sp³-hybridized carbons (Fsp3) is 0.286. The van der Waals surface area contributed by atoms with E-state index in [0.717, 1.165) is 10.6 Å². The Hall–Kier alpha value is -2.55. The van der Waals surface area contributed by atoms with Gasteiger partial charge in [0.2, 0.25) is 15.9 Å². The number of nitrogens with zero attached hydrogens (tertiary/aromatic N) is 2. The van der Waals surface area contributed by atoms with Crippen molar-refractivity contribution in [2.45, 2.75) is 6.92 Å². The molecule has 0 bridgehead atoms. The molecule has 8 nitrogen and oxygen atoms in total. The number of rotatable bonds is 6. The quantitative estimate of drug-likeness (QED) is 0.853.